The van der Waals surface area contributed by atoms with Crippen LogP contribution in [0, 0.1) is 12.1 Å². The van der Waals surface area contributed by atoms with Crippen molar-refractivity contribution >= 4 is 54.6 Å². The molecule has 0 unspecified atom stereocenters. The van der Waals surface area contributed by atoms with Crippen LogP contribution < -0.4 is 4.74 Å². The zero-order valence-electron chi connectivity index (χ0n) is 28.7. The van der Waals surface area contributed by atoms with E-state index >= 15 is 0 Å². The van der Waals surface area contributed by atoms with E-state index < -0.39 is 0 Å². The molecule has 0 fully saturated rings. The fourth-order valence-electron chi connectivity index (χ4n) is 7.77. The quantitative estimate of drug-likeness (QED) is 0.128. The molecule has 0 bridgehead atoms. The molecule has 0 aliphatic carbocycles. The number of fused-ring (bicyclic) bond motifs is 12. The molecule has 6 heteroatoms. The number of nitrogens with zero attached hydrogens (tertiary/aromatic N) is 4. The molecule has 11 aromatic rings. The molecule has 4 aromatic heterocycles. The second kappa shape index (κ2) is 12.8. The molecule has 0 aliphatic heterocycles. The summed E-state index contributed by atoms with van der Waals surface area (Å²) in [5, 5.41) is 6.16. The van der Waals surface area contributed by atoms with Crippen molar-refractivity contribution in [3.05, 3.63) is 182 Å². The molecule has 0 spiro atoms. The van der Waals surface area contributed by atoms with Crippen LogP contribution in [0.15, 0.2) is 170 Å². The Labute approximate surface area is 325 Å². The van der Waals surface area contributed by atoms with Gasteiger partial charge >= 0.3 is 21.1 Å². The van der Waals surface area contributed by atoms with E-state index in [1.807, 2.05) is 42.5 Å². The minimum Gasteiger partial charge on any atom is -0.497 e. The van der Waals surface area contributed by atoms with Gasteiger partial charge in [-0.15, -0.1) is 12.1 Å². The summed E-state index contributed by atoms with van der Waals surface area (Å²) in [6.45, 7) is 0. The van der Waals surface area contributed by atoms with Gasteiger partial charge in [-0.25, -0.2) is 0 Å². The zero-order chi connectivity index (χ0) is 34.9. The molecule has 0 saturated carbocycles. The largest absolute Gasteiger partial charge is 2.00 e. The average molecular weight is 872 g/mol. The summed E-state index contributed by atoms with van der Waals surface area (Å²) in [5.41, 5.74) is 9.91. The molecule has 5 nitrogen and oxygen atoms in total. The zero-order valence-corrected chi connectivity index (χ0v) is 31.0. The van der Waals surface area contributed by atoms with E-state index in [1.54, 1.807) is 0 Å². The number of imidazole rings is 2. The molecule has 0 aliphatic rings. The molecule has 4 heterocycles. The van der Waals surface area contributed by atoms with Crippen LogP contribution in [0.5, 0.6) is 11.5 Å². The van der Waals surface area contributed by atoms with Crippen molar-refractivity contribution in [1.29, 1.82) is 0 Å². The van der Waals surface area contributed by atoms with E-state index in [1.165, 1.54) is 0 Å². The van der Waals surface area contributed by atoms with Gasteiger partial charge in [-0.1, -0.05) is 173 Å². The molecule has 54 heavy (non-hydrogen) atoms. The second-order valence-electron chi connectivity index (χ2n) is 13.2. The molecule has 0 amide bonds. The Kier molecular flexibility index (Phi) is 7.64. The third-order valence-corrected chi connectivity index (χ3v) is 10.1. The Morgan fingerprint density at radius 1 is 0.444 bits per heavy atom. The molecular formula is C48H28N4OPt. The van der Waals surface area contributed by atoms with Crippen LogP contribution in [0.4, 0.5) is 0 Å². The maximum absolute atomic E-state index is 6.63. The summed E-state index contributed by atoms with van der Waals surface area (Å²) in [5.74, 6) is 1.17. The first kappa shape index (κ1) is 32.1. The van der Waals surface area contributed by atoms with Gasteiger partial charge in [-0.3, -0.25) is 9.97 Å². The van der Waals surface area contributed by atoms with Crippen LogP contribution in [0.2, 0.25) is 0 Å². The number of aromatic nitrogens is 4. The Morgan fingerprint density at radius 2 is 0.963 bits per heavy atom. The number of ether oxygens (including phenoxy) is 1. The number of benzene rings is 7. The molecule has 0 atom stereocenters. The van der Waals surface area contributed by atoms with Crippen LogP contribution in [0.25, 0.3) is 88.4 Å². The minimum absolute atomic E-state index is 0. The molecule has 11 rings (SSSR count). The fraction of sp³-hybridized carbons (Fsp3) is 0. The Morgan fingerprint density at radius 3 is 1.61 bits per heavy atom. The maximum atomic E-state index is 6.63. The van der Waals surface area contributed by atoms with Gasteiger partial charge in [-0.05, 0) is 28.5 Å². The van der Waals surface area contributed by atoms with Crippen molar-refractivity contribution < 1.29 is 25.8 Å². The SMILES string of the molecule is [Pt+2].[c-]1c(Oc2[c-]c3c(cc2)c2ccccc2n2c(-c4ccccc4)c(-c4ccccc4)nc32)ccc2c1c1nc(-c3ccccc3)cn1c1ccccc21. The maximum Gasteiger partial charge on any atom is 2.00 e. The topological polar surface area (TPSA) is 43.8 Å². The van der Waals surface area contributed by atoms with E-state index in [-0.39, 0.29) is 21.1 Å². The van der Waals surface area contributed by atoms with Crippen molar-refractivity contribution in [2.24, 2.45) is 0 Å². The Bertz CT molecular complexity index is 3190. The normalized spacial score (nSPS) is 11.6. The van der Waals surface area contributed by atoms with E-state index in [0.29, 0.717) is 11.5 Å². The van der Waals surface area contributed by atoms with Crippen LogP contribution in [-0.4, -0.2) is 18.8 Å². The van der Waals surface area contributed by atoms with Gasteiger partial charge in [0, 0.05) is 39.9 Å². The predicted molar refractivity (Wildman–Crippen MR) is 214 cm³/mol. The second-order valence-corrected chi connectivity index (χ2v) is 13.2. The average Bonchev–Trinajstić information content (AvgIpc) is 3.87. The summed E-state index contributed by atoms with van der Waals surface area (Å²) in [7, 11) is 0. The van der Waals surface area contributed by atoms with E-state index in [0.717, 1.165) is 88.4 Å². The van der Waals surface area contributed by atoms with Gasteiger partial charge in [0.25, 0.3) is 0 Å². The van der Waals surface area contributed by atoms with Crippen molar-refractivity contribution in [2.45, 2.75) is 0 Å². The van der Waals surface area contributed by atoms with Crippen molar-refractivity contribution in [3.8, 4) is 45.3 Å². The summed E-state index contributed by atoms with van der Waals surface area (Å²) in [6, 6.07) is 63.6. The van der Waals surface area contributed by atoms with Crippen molar-refractivity contribution in [3.63, 3.8) is 0 Å². The Hall–Kier alpha value is -6.55. The first-order chi connectivity index (χ1) is 26.3. The van der Waals surface area contributed by atoms with Gasteiger partial charge in [0.2, 0.25) is 0 Å². The summed E-state index contributed by atoms with van der Waals surface area (Å²) in [4.78, 5) is 10.5. The molecule has 0 saturated heterocycles. The van der Waals surface area contributed by atoms with Crippen LogP contribution in [-0.2, 0) is 21.1 Å². The Balaban J connectivity index is 0.00000361. The fourth-order valence-corrected chi connectivity index (χ4v) is 7.77. The standard InChI is InChI=1S/C48H28N4O.Pt/c1-4-14-31(15-5-1)42-30-51-43-22-12-10-20-38(43)36-26-24-34(28-40(36)47(51)49-42)53-35-25-27-37-39-21-11-13-23-44(39)52-46(33-18-8-3-9-19-33)45(32-16-6-2-7-17-32)50-48(52)41(37)29-35;/h1-27,30H;/q-2;+2. The number of hydrogen-bond donors (Lipinski definition) is 0. The summed E-state index contributed by atoms with van der Waals surface area (Å²) < 4.78 is 11.1. The third-order valence-electron chi connectivity index (χ3n) is 10.1. The minimum atomic E-state index is 0. The van der Waals surface area contributed by atoms with Crippen LogP contribution in [0.3, 0.4) is 0 Å². The van der Waals surface area contributed by atoms with E-state index in [4.69, 9.17) is 14.7 Å². The van der Waals surface area contributed by atoms with Gasteiger partial charge in [0.05, 0.1) is 28.4 Å². The van der Waals surface area contributed by atoms with Crippen LogP contribution >= 0.6 is 0 Å². The summed E-state index contributed by atoms with van der Waals surface area (Å²) in [6.07, 6.45) is 2.11. The van der Waals surface area contributed by atoms with E-state index in [2.05, 4.69) is 148 Å². The molecular weight excluding hydrogens is 844 g/mol. The summed E-state index contributed by atoms with van der Waals surface area (Å²) >= 11 is 0. The van der Waals surface area contributed by atoms with Crippen LogP contribution in [0.1, 0.15) is 0 Å². The number of hydrogen-bond acceptors (Lipinski definition) is 3. The third kappa shape index (κ3) is 5.04. The molecule has 7 aromatic carbocycles. The first-order valence-corrected chi connectivity index (χ1v) is 17.7. The van der Waals surface area contributed by atoms with Gasteiger partial charge in [0.15, 0.2) is 0 Å². The smallest absolute Gasteiger partial charge is 0.497 e. The molecule has 0 N–H and O–H groups in total. The first-order valence-electron chi connectivity index (χ1n) is 17.7. The van der Waals surface area contributed by atoms with Crippen molar-refractivity contribution in [1.82, 2.24) is 18.8 Å². The number of pyridine rings is 2. The number of para-hydroxylation sites is 2. The monoisotopic (exact) mass is 871 g/mol. The predicted octanol–water partition coefficient (Wildman–Crippen LogP) is 12.0. The van der Waals surface area contributed by atoms with Gasteiger partial charge < -0.3 is 13.5 Å². The number of rotatable bonds is 5. The van der Waals surface area contributed by atoms with Gasteiger partial charge in [0.1, 0.15) is 0 Å². The molecule has 0 radical (unpaired) electrons. The molecule has 256 valence electrons. The van der Waals surface area contributed by atoms with E-state index in [9.17, 15) is 0 Å². The van der Waals surface area contributed by atoms with Gasteiger partial charge in [-0.2, -0.15) is 0 Å². The van der Waals surface area contributed by atoms with Crippen molar-refractivity contribution in [2.75, 3.05) is 0 Å².